The molecule has 0 amide bonds. The molecule has 102 valence electrons. The van der Waals surface area contributed by atoms with E-state index in [9.17, 15) is 0 Å². The van der Waals surface area contributed by atoms with Crippen molar-refractivity contribution in [2.24, 2.45) is 5.73 Å². The molecule has 0 aliphatic heterocycles. The number of hydrogen-bond acceptors (Lipinski definition) is 4. The maximum atomic E-state index is 6.31. The maximum Gasteiger partial charge on any atom is 0.161 e. The number of halogens is 2. The normalized spacial score (nSPS) is 12.3. The molecule has 1 atom stereocenters. The van der Waals surface area contributed by atoms with Gasteiger partial charge in [-0.3, -0.25) is 0 Å². The Balaban J connectivity index is 2.44. The fourth-order valence-electron chi connectivity index (χ4n) is 1.77. The molecule has 0 spiro atoms. The number of hydrogen-bond donors (Lipinski definition) is 1. The molecule has 2 aromatic rings. The van der Waals surface area contributed by atoms with Crippen molar-refractivity contribution in [3.05, 3.63) is 43.0 Å². The summed E-state index contributed by atoms with van der Waals surface area (Å²) in [5.74, 6) is 1.35. The predicted molar refractivity (Wildman–Crippen MR) is 85.3 cm³/mol. The van der Waals surface area contributed by atoms with Crippen LogP contribution in [0.1, 0.15) is 17.2 Å². The van der Waals surface area contributed by atoms with Gasteiger partial charge in [0.1, 0.15) is 0 Å². The summed E-state index contributed by atoms with van der Waals surface area (Å²) in [6, 6.07) is 5.59. The van der Waals surface area contributed by atoms with Crippen LogP contribution in [0.2, 0.25) is 0 Å². The summed E-state index contributed by atoms with van der Waals surface area (Å²) in [7, 11) is 3.22. The van der Waals surface area contributed by atoms with Crippen molar-refractivity contribution in [3.63, 3.8) is 0 Å². The Morgan fingerprint density at radius 2 is 1.74 bits per heavy atom. The number of thiophene rings is 1. The van der Waals surface area contributed by atoms with Crippen LogP contribution in [-0.4, -0.2) is 14.2 Å². The summed E-state index contributed by atoms with van der Waals surface area (Å²) in [6.07, 6.45) is 0. The summed E-state index contributed by atoms with van der Waals surface area (Å²) >= 11 is 8.60. The van der Waals surface area contributed by atoms with Gasteiger partial charge in [0, 0.05) is 4.47 Å². The maximum absolute atomic E-state index is 6.31. The standard InChI is InChI=1S/C13H13Br2NO2S/c1-17-10-4-8(9(14)5-11(10)18-2)13(16)7-3-12(15)19-6-7/h3-6,13H,16H2,1-2H3. The van der Waals surface area contributed by atoms with Crippen molar-refractivity contribution in [3.8, 4) is 11.5 Å². The molecule has 19 heavy (non-hydrogen) atoms. The van der Waals surface area contributed by atoms with Crippen molar-refractivity contribution < 1.29 is 9.47 Å². The highest BCUT2D eigenvalue weighted by Crippen LogP contribution is 2.38. The molecule has 1 aromatic heterocycles. The second kappa shape index (κ2) is 6.26. The van der Waals surface area contributed by atoms with E-state index in [1.165, 1.54) is 0 Å². The lowest BCUT2D eigenvalue weighted by Gasteiger charge is -2.16. The minimum absolute atomic E-state index is 0.211. The Kier molecular flexibility index (Phi) is 4.89. The Labute approximate surface area is 133 Å². The molecule has 2 N–H and O–H groups in total. The number of benzene rings is 1. The zero-order valence-electron chi connectivity index (χ0n) is 10.4. The Hall–Kier alpha value is -0.560. The lowest BCUT2D eigenvalue weighted by Crippen LogP contribution is -2.12. The summed E-state index contributed by atoms with van der Waals surface area (Å²) < 4.78 is 12.5. The van der Waals surface area contributed by atoms with Gasteiger partial charge in [-0.15, -0.1) is 11.3 Å². The van der Waals surface area contributed by atoms with Crippen molar-refractivity contribution in [1.82, 2.24) is 0 Å². The van der Waals surface area contributed by atoms with Gasteiger partial charge in [0.25, 0.3) is 0 Å². The average Bonchev–Trinajstić information content (AvgIpc) is 2.84. The Morgan fingerprint density at radius 1 is 1.11 bits per heavy atom. The second-order valence-corrected chi connectivity index (χ2v) is 7.04. The summed E-state index contributed by atoms with van der Waals surface area (Å²) in [6.45, 7) is 0. The van der Waals surface area contributed by atoms with Crippen LogP contribution >= 0.6 is 43.2 Å². The monoisotopic (exact) mass is 405 g/mol. The molecule has 0 saturated carbocycles. The van der Waals surface area contributed by atoms with Crippen LogP contribution in [0.15, 0.2) is 31.8 Å². The minimum atomic E-state index is -0.211. The summed E-state index contributed by atoms with van der Waals surface area (Å²) in [5.41, 5.74) is 8.33. The molecule has 1 heterocycles. The molecule has 0 aliphatic rings. The van der Waals surface area contributed by atoms with Gasteiger partial charge in [-0.25, -0.2) is 0 Å². The largest absolute Gasteiger partial charge is 0.493 e. The van der Waals surface area contributed by atoms with E-state index < -0.39 is 0 Å². The van der Waals surface area contributed by atoms with Crippen LogP contribution in [0.3, 0.4) is 0 Å². The van der Waals surface area contributed by atoms with E-state index in [2.05, 4.69) is 31.9 Å². The minimum Gasteiger partial charge on any atom is -0.493 e. The van der Waals surface area contributed by atoms with Crippen LogP contribution in [0.25, 0.3) is 0 Å². The molecule has 2 rings (SSSR count). The highest BCUT2D eigenvalue weighted by atomic mass is 79.9. The molecular weight excluding hydrogens is 394 g/mol. The second-order valence-electron chi connectivity index (χ2n) is 3.89. The summed E-state index contributed by atoms with van der Waals surface area (Å²) in [5, 5.41) is 2.04. The topological polar surface area (TPSA) is 44.5 Å². The Bertz CT molecular complexity index is 586. The fourth-order valence-corrected chi connectivity index (χ4v) is 3.56. The highest BCUT2D eigenvalue weighted by Gasteiger charge is 2.17. The van der Waals surface area contributed by atoms with E-state index >= 15 is 0 Å². The first kappa shape index (κ1) is 14.8. The Morgan fingerprint density at radius 3 is 2.26 bits per heavy atom. The first-order chi connectivity index (χ1) is 9.06. The molecule has 0 bridgehead atoms. The third-order valence-electron chi connectivity index (χ3n) is 2.78. The molecule has 0 radical (unpaired) electrons. The lowest BCUT2D eigenvalue weighted by molar-refractivity contribution is 0.354. The van der Waals surface area contributed by atoms with Gasteiger partial charge in [-0.1, -0.05) is 15.9 Å². The number of ether oxygens (including phenoxy) is 2. The molecule has 1 unspecified atom stereocenters. The van der Waals surface area contributed by atoms with Crippen molar-refractivity contribution >= 4 is 43.2 Å². The van der Waals surface area contributed by atoms with Crippen molar-refractivity contribution in [2.45, 2.75) is 6.04 Å². The predicted octanol–water partition coefficient (Wildman–Crippen LogP) is 4.34. The van der Waals surface area contributed by atoms with Crippen molar-refractivity contribution in [1.29, 1.82) is 0 Å². The lowest BCUT2D eigenvalue weighted by atomic mass is 10.0. The highest BCUT2D eigenvalue weighted by molar-refractivity contribution is 9.11. The van der Waals surface area contributed by atoms with Crippen LogP contribution in [0.4, 0.5) is 0 Å². The first-order valence-corrected chi connectivity index (χ1v) is 7.94. The quantitative estimate of drug-likeness (QED) is 0.821. The van der Waals surface area contributed by atoms with Gasteiger partial charge in [-0.2, -0.15) is 0 Å². The first-order valence-electron chi connectivity index (χ1n) is 5.47. The van der Waals surface area contributed by atoms with Crippen LogP contribution in [0.5, 0.6) is 11.5 Å². The zero-order chi connectivity index (χ0) is 14.0. The van der Waals surface area contributed by atoms with Gasteiger partial charge in [0.05, 0.1) is 24.0 Å². The van der Waals surface area contributed by atoms with Crippen LogP contribution in [-0.2, 0) is 0 Å². The van der Waals surface area contributed by atoms with E-state index in [4.69, 9.17) is 15.2 Å². The van der Waals surface area contributed by atoms with Gasteiger partial charge < -0.3 is 15.2 Å². The fraction of sp³-hybridized carbons (Fsp3) is 0.231. The third kappa shape index (κ3) is 3.13. The van der Waals surface area contributed by atoms with E-state index in [1.807, 2.05) is 23.6 Å². The third-order valence-corrected chi connectivity index (χ3v) is 4.99. The van der Waals surface area contributed by atoms with E-state index in [1.54, 1.807) is 25.6 Å². The van der Waals surface area contributed by atoms with Gasteiger partial charge in [-0.05, 0) is 50.6 Å². The molecule has 1 aromatic carbocycles. The number of nitrogens with two attached hydrogens (primary N) is 1. The summed E-state index contributed by atoms with van der Waals surface area (Å²) in [4.78, 5) is 0. The SMILES string of the molecule is COc1cc(Br)c(C(N)c2csc(Br)c2)cc1OC. The van der Waals surface area contributed by atoms with E-state index in [0.717, 1.165) is 19.4 Å². The molecule has 6 heteroatoms. The molecular formula is C13H13Br2NO2S. The number of rotatable bonds is 4. The smallest absolute Gasteiger partial charge is 0.161 e. The van der Waals surface area contributed by atoms with Crippen LogP contribution < -0.4 is 15.2 Å². The van der Waals surface area contributed by atoms with E-state index in [-0.39, 0.29) is 6.04 Å². The molecule has 0 aliphatic carbocycles. The van der Waals surface area contributed by atoms with Crippen LogP contribution in [0, 0.1) is 0 Å². The van der Waals surface area contributed by atoms with E-state index in [0.29, 0.717) is 11.5 Å². The number of methoxy groups -OCH3 is 2. The van der Waals surface area contributed by atoms with Gasteiger partial charge in [0.2, 0.25) is 0 Å². The molecule has 3 nitrogen and oxygen atoms in total. The molecule has 0 fully saturated rings. The van der Waals surface area contributed by atoms with Crippen molar-refractivity contribution in [2.75, 3.05) is 14.2 Å². The van der Waals surface area contributed by atoms with Gasteiger partial charge >= 0.3 is 0 Å². The zero-order valence-corrected chi connectivity index (χ0v) is 14.4. The average molecular weight is 407 g/mol. The molecule has 0 saturated heterocycles. The van der Waals surface area contributed by atoms with Gasteiger partial charge in [0.15, 0.2) is 11.5 Å².